The fraction of sp³-hybridized carbons (Fsp3) is 0. The highest BCUT2D eigenvalue weighted by Gasteiger charge is 2.23. The monoisotopic (exact) mass is 124 g/mol. The Balaban J connectivity index is 2.17. The molecule has 1 aliphatic heterocycles. The van der Waals surface area contributed by atoms with Gasteiger partial charge in [0.1, 0.15) is 0 Å². The van der Waals surface area contributed by atoms with E-state index in [1.165, 1.54) is 0 Å². The molecule has 1 fully saturated rings. The Bertz CT molecular complexity index is 53.4. The predicted octanol–water partition coefficient (Wildman–Crippen LogP) is -1.35. The lowest BCUT2D eigenvalue weighted by molar-refractivity contribution is -0.716. The van der Waals surface area contributed by atoms with Crippen molar-refractivity contribution < 1.29 is 34.8 Å². The minimum absolute atomic E-state index is 1.67. The van der Waals surface area contributed by atoms with E-state index in [1.807, 2.05) is 0 Å². The van der Waals surface area contributed by atoms with Crippen LogP contribution in [-0.4, -0.2) is 12.3 Å². The van der Waals surface area contributed by atoms with Gasteiger partial charge in [-0.3, -0.25) is 0 Å². The first-order valence-corrected chi connectivity index (χ1v) is 1.56. The first kappa shape index (κ1) is 5.91. The van der Waals surface area contributed by atoms with Crippen molar-refractivity contribution in [2.24, 2.45) is 0 Å². The van der Waals surface area contributed by atoms with Crippen molar-refractivity contribution in [2.45, 2.75) is 0 Å². The van der Waals surface area contributed by atoms with Crippen LogP contribution in [0.25, 0.3) is 0 Å². The molecule has 1 saturated heterocycles. The third-order valence-corrected chi connectivity index (χ3v) is 0.327. The molecular weight excluding hydrogens is 123 g/mol. The van der Waals surface area contributed by atoms with Crippen LogP contribution < -0.4 is 0 Å². The largest absolute Gasteiger partial charge is 0.698 e. The Morgan fingerprint density at radius 2 is 1.38 bits per heavy atom. The maximum atomic E-state index is 8.23. The second-order valence-electron chi connectivity index (χ2n) is 0.772. The molecule has 0 amide bonds. The van der Waals surface area contributed by atoms with Crippen LogP contribution in [-0.2, 0) is 29.8 Å². The molecular formula is HBO7. The second kappa shape index (κ2) is 2.94. The molecule has 0 bridgehead atoms. The summed E-state index contributed by atoms with van der Waals surface area (Å²) in [5.74, 6) is 0. The first-order valence-electron chi connectivity index (χ1n) is 1.56. The maximum absolute atomic E-state index is 8.23. The van der Waals surface area contributed by atoms with Crippen molar-refractivity contribution >= 4 is 7.32 Å². The number of rotatable bonds is 0. The Morgan fingerprint density at radius 3 is 1.88 bits per heavy atom. The normalized spacial score (nSPS) is 22.9. The van der Waals surface area contributed by atoms with Crippen LogP contribution in [0.3, 0.4) is 0 Å². The molecule has 1 aliphatic rings. The summed E-state index contributed by atoms with van der Waals surface area (Å²) < 4.78 is 0. The summed E-state index contributed by atoms with van der Waals surface area (Å²) in [5.41, 5.74) is 0. The summed E-state index contributed by atoms with van der Waals surface area (Å²) in [7, 11) is -1.67. The van der Waals surface area contributed by atoms with E-state index in [0.29, 0.717) is 0 Å². The van der Waals surface area contributed by atoms with Gasteiger partial charge in [0.25, 0.3) is 0 Å². The van der Waals surface area contributed by atoms with Gasteiger partial charge < -0.3 is 5.02 Å². The van der Waals surface area contributed by atoms with Crippen LogP contribution in [0.2, 0.25) is 0 Å². The lowest BCUT2D eigenvalue weighted by Gasteiger charge is -1.90. The summed E-state index contributed by atoms with van der Waals surface area (Å²) in [6.07, 6.45) is 0. The molecule has 8 heteroatoms. The lowest BCUT2D eigenvalue weighted by atomic mass is 10.3. The van der Waals surface area contributed by atoms with Crippen LogP contribution in [0.1, 0.15) is 0 Å². The van der Waals surface area contributed by atoms with Crippen molar-refractivity contribution in [3.63, 3.8) is 0 Å². The summed E-state index contributed by atoms with van der Waals surface area (Å²) in [4.78, 5) is 7.53. The molecule has 0 spiro atoms. The van der Waals surface area contributed by atoms with Gasteiger partial charge in [0.2, 0.25) is 0 Å². The van der Waals surface area contributed by atoms with Crippen molar-refractivity contribution in [1.82, 2.24) is 0 Å². The van der Waals surface area contributed by atoms with Gasteiger partial charge in [0.15, 0.2) is 0 Å². The molecule has 0 aromatic heterocycles. The van der Waals surface area contributed by atoms with Crippen LogP contribution >= 0.6 is 0 Å². The van der Waals surface area contributed by atoms with E-state index in [4.69, 9.17) is 5.02 Å². The Hall–Kier alpha value is -0.215. The van der Waals surface area contributed by atoms with Gasteiger partial charge in [-0.05, 0) is 20.2 Å². The van der Waals surface area contributed by atoms with Gasteiger partial charge >= 0.3 is 7.32 Å². The lowest BCUT2D eigenvalue weighted by Crippen LogP contribution is -2.19. The summed E-state index contributed by atoms with van der Waals surface area (Å²) in [5, 5.41) is 22.5. The minimum atomic E-state index is -1.67. The molecule has 0 aromatic rings. The Kier molecular flexibility index (Phi) is 2.17. The summed E-state index contributed by atoms with van der Waals surface area (Å²) in [6.45, 7) is 0. The quantitative estimate of drug-likeness (QED) is 0.316. The van der Waals surface area contributed by atoms with E-state index in [0.717, 1.165) is 0 Å². The highest BCUT2D eigenvalue weighted by Crippen LogP contribution is 1.96. The molecule has 8 heavy (non-hydrogen) atoms. The van der Waals surface area contributed by atoms with Gasteiger partial charge in [0, 0.05) is 0 Å². The van der Waals surface area contributed by atoms with Crippen LogP contribution in [0, 0.1) is 0 Å². The van der Waals surface area contributed by atoms with E-state index >= 15 is 0 Å². The molecule has 0 radical (unpaired) electrons. The van der Waals surface area contributed by atoms with Crippen LogP contribution in [0.5, 0.6) is 0 Å². The molecule has 0 aliphatic carbocycles. The fourth-order valence-corrected chi connectivity index (χ4v) is 0.138. The fourth-order valence-electron chi connectivity index (χ4n) is 0.138. The minimum Gasteiger partial charge on any atom is -0.398 e. The van der Waals surface area contributed by atoms with Gasteiger partial charge in [-0.15, -0.1) is 0 Å². The van der Waals surface area contributed by atoms with Crippen molar-refractivity contribution in [1.29, 1.82) is 0 Å². The SMILES string of the molecule is OB1OOOOOO1. The Labute approximate surface area is 43.4 Å². The molecule has 0 atom stereocenters. The molecule has 7 nitrogen and oxygen atoms in total. The molecule has 0 aromatic carbocycles. The van der Waals surface area contributed by atoms with Gasteiger partial charge in [-0.2, -0.15) is 9.61 Å². The smallest absolute Gasteiger partial charge is 0.398 e. The second-order valence-corrected chi connectivity index (χ2v) is 0.772. The van der Waals surface area contributed by atoms with Gasteiger partial charge in [-0.25, -0.2) is 0 Å². The number of hydrogen-bond acceptors (Lipinski definition) is 7. The first-order chi connectivity index (χ1) is 3.89. The van der Waals surface area contributed by atoms with E-state index in [1.54, 1.807) is 0 Å². The van der Waals surface area contributed by atoms with Crippen molar-refractivity contribution in [3.8, 4) is 0 Å². The van der Waals surface area contributed by atoms with Crippen LogP contribution in [0.4, 0.5) is 0 Å². The molecule has 0 saturated carbocycles. The van der Waals surface area contributed by atoms with Gasteiger partial charge in [-0.1, -0.05) is 0 Å². The molecule has 1 rings (SSSR count). The van der Waals surface area contributed by atoms with E-state index < -0.39 is 7.32 Å². The highest BCUT2D eigenvalue weighted by atomic mass is 17.8. The van der Waals surface area contributed by atoms with Crippen molar-refractivity contribution in [2.75, 3.05) is 0 Å². The van der Waals surface area contributed by atoms with Crippen molar-refractivity contribution in [3.05, 3.63) is 0 Å². The van der Waals surface area contributed by atoms with E-state index in [2.05, 4.69) is 29.8 Å². The molecule has 1 heterocycles. The zero-order chi connectivity index (χ0) is 5.82. The standard InChI is InChI=1S/BHO7/c2-1-3-5-7-8-6-4-1/h2H. The summed E-state index contributed by atoms with van der Waals surface area (Å²) in [6, 6.07) is 0. The molecule has 0 unspecified atom stereocenters. The topological polar surface area (TPSA) is 75.6 Å². The third kappa shape index (κ3) is 1.72. The third-order valence-electron chi connectivity index (χ3n) is 0.327. The van der Waals surface area contributed by atoms with E-state index in [9.17, 15) is 0 Å². The zero-order valence-corrected chi connectivity index (χ0v) is 3.47. The molecule has 46 valence electrons. The van der Waals surface area contributed by atoms with E-state index in [-0.39, 0.29) is 0 Å². The zero-order valence-electron chi connectivity index (χ0n) is 3.47. The Morgan fingerprint density at radius 1 is 0.875 bits per heavy atom. The van der Waals surface area contributed by atoms with Gasteiger partial charge in [0.05, 0.1) is 0 Å². The number of hydrogen-bond donors (Lipinski definition) is 1. The average Bonchev–Trinajstić information content (AvgIpc) is 1.94. The molecule has 1 N–H and O–H groups in total. The summed E-state index contributed by atoms with van der Waals surface area (Å²) >= 11 is 0. The maximum Gasteiger partial charge on any atom is 0.698 e. The average molecular weight is 124 g/mol. The highest BCUT2D eigenvalue weighted by molar-refractivity contribution is 6.33. The predicted molar refractivity (Wildman–Crippen MR) is 14.5 cm³/mol. The van der Waals surface area contributed by atoms with Crippen LogP contribution in [0.15, 0.2) is 0 Å².